The van der Waals surface area contributed by atoms with E-state index in [1.165, 1.54) is 0 Å². The maximum atomic E-state index is 12.3. The number of aromatic nitrogens is 5. The molecule has 0 unspecified atom stereocenters. The molecule has 1 amide bonds. The van der Waals surface area contributed by atoms with Gasteiger partial charge in [0.25, 0.3) is 0 Å². The van der Waals surface area contributed by atoms with Crippen molar-refractivity contribution in [1.29, 1.82) is 0 Å². The van der Waals surface area contributed by atoms with Crippen molar-refractivity contribution in [1.82, 2.24) is 29.9 Å². The molecule has 0 aliphatic rings. The van der Waals surface area contributed by atoms with Gasteiger partial charge in [0, 0.05) is 24.8 Å². The molecule has 0 saturated carbocycles. The van der Waals surface area contributed by atoms with Gasteiger partial charge in [0.05, 0.1) is 18.7 Å². The van der Waals surface area contributed by atoms with Crippen LogP contribution in [0.25, 0.3) is 0 Å². The first-order valence-electron chi connectivity index (χ1n) is 6.64. The second-order valence-electron chi connectivity index (χ2n) is 4.87. The van der Waals surface area contributed by atoms with Crippen molar-refractivity contribution in [2.75, 3.05) is 7.05 Å². The predicted molar refractivity (Wildman–Crippen MR) is 73.9 cm³/mol. The Morgan fingerprint density at radius 2 is 2.20 bits per heavy atom. The van der Waals surface area contributed by atoms with E-state index in [4.69, 9.17) is 0 Å². The van der Waals surface area contributed by atoms with Gasteiger partial charge < -0.3 is 9.47 Å². The van der Waals surface area contributed by atoms with Crippen molar-refractivity contribution in [3.8, 4) is 0 Å². The Morgan fingerprint density at radius 3 is 2.80 bits per heavy atom. The molecule has 0 bridgehead atoms. The number of hydrogen-bond donors (Lipinski definition) is 1. The fourth-order valence-corrected chi connectivity index (χ4v) is 2.09. The molecular weight excluding hydrogens is 256 g/mol. The Bertz CT molecular complexity index is 580. The van der Waals surface area contributed by atoms with Crippen LogP contribution in [0.3, 0.4) is 0 Å². The van der Waals surface area contributed by atoms with Crippen LogP contribution >= 0.6 is 0 Å². The molecule has 2 aromatic heterocycles. The summed E-state index contributed by atoms with van der Waals surface area (Å²) >= 11 is 0. The lowest BCUT2D eigenvalue weighted by Gasteiger charge is -2.17. The third kappa shape index (κ3) is 2.87. The van der Waals surface area contributed by atoms with Gasteiger partial charge in [-0.05, 0) is 20.8 Å². The summed E-state index contributed by atoms with van der Waals surface area (Å²) in [6.45, 7) is 7.11. The minimum Gasteiger partial charge on any atom is -0.338 e. The van der Waals surface area contributed by atoms with Crippen molar-refractivity contribution in [2.45, 2.75) is 40.3 Å². The van der Waals surface area contributed by atoms with E-state index in [1.807, 2.05) is 25.3 Å². The lowest BCUT2D eigenvalue weighted by atomic mass is 10.1. The zero-order valence-electron chi connectivity index (χ0n) is 12.3. The van der Waals surface area contributed by atoms with Crippen LogP contribution in [-0.2, 0) is 24.3 Å². The maximum absolute atomic E-state index is 12.3. The normalized spacial score (nSPS) is 10.8. The van der Waals surface area contributed by atoms with Crippen molar-refractivity contribution < 1.29 is 4.79 Å². The molecule has 0 radical (unpaired) electrons. The first-order valence-corrected chi connectivity index (χ1v) is 6.64. The van der Waals surface area contributed by atoms with Gasteiger partial charge in [0.1, 0.15) is 6.33 Å². The SMILES string of the molecule is CCn1cnnc1CN(C)C(=O)Cc1c(C)n[nH]c1C. The molecule has 0 spiro atoms. The number of carbonyl (C=O) groups is 1. The number of nitrogens with zero attached hydrogens (tertiary/aromatic N) is 5. The summed E-state index contributed by atoms with van der Waals surface area (Å²) in [6, 6.07) is 0. The second-order valence-corrected chi connectivity index (χ2v) is 4.87. The van der Waals surface area contributed by atoms with Crippen LogP contribution in [-0.4, -0.2) is 42.8 Å². The highest BCUT2D eigenvalue weighted by Crippen LogP contribution is 2.12. The molecular formula is C13H20N6O. The van der Waals surface area contributed by atoms with Gasteiger partial charge >= 0.3 is 0 Å². The Balaban J connectivity index is 2.03. The summed E-state index contributed by atoms with van der Waals surface area (Å²) in [5, 5.41) is 14.9. The van der Waals surface area contributed by atoms with Crippen molar-refractivity contribution >= 4 is 5.91 Å². The topological polar surface area (TPSA) is 79.7 Å². The summed E-state index contributed by atoms with van der Waals surface area (Å²) in [5.41, 5.74) is 2.79. The Kier molecular flexibility index (Phi) is 4.16. The molecule has 0 saturated heterocycles. The third-order valence-corrected chi connectivity index (χ3v) is 3.45. The first kappa shape index (κ1) is 14.2. The molecule has 7 heteroatoms. The van der Waals surface area contributed by atoms with Crippen LogP contribution < -0.4 is 0 Å². The van der Waals surface area contributed by atoms with E-state index in [0.717, 1.165) is 29.3 Å². The number of likely N-dealkylation sites (N-methyl/N-ethyl adjacent to an activating group) is 1. The van der Waals surface area contributed by atoms with Gasteiger partial charge in [-0.2, -0.15) is 5.10 Å². The molecule has 20 heavy (non-hydrogen) atoms. The predicted octanol–water partition coefficient (Wildman–Crippen LogP) is 0.839. The largest absolute Gasteiger partial charge is 0.338 e. The molecule has 0 aliphatic heterocycles. The van der Waals surface area contributed by atoms with Gasteiger partial charge in [-0.15, -0.1) is 10.2 Å². The molecule has 2 aromatic rings. The fourth-order valence-electron chi connectivity index (χ4n) is 2.09. The number of aryl methyl sites for hydroxylation is 3. The van der Waals surface area contributed by atoms with Gasteiger partial charge in [0.2, 0.25) is 5.91 Å². The summed E-state index contributed by atoms with van der Waals surface area (Å²) in [5.74, 6) is 0.840. The van der Waals surface area contributed by atoms with Crippen LogP contribution in [0.1, 0.15) is 29.7 Å². The molecule has 2 rings (SSSR count). The van der Waals surface area contributed by atoms with E-state index < -0.39 is 0 Å². The maximum Gasteiger partial charge on any atom is 0.227 e. The number of aromatic amines is 1. The van der Waals surface area contributed by atoms with Gasteiger partial charge in [-0.3, -0.25) is 9.89 Å². The van der Waals surface area contributed by atoms with Gasteiger partial charge in [0.15, 0.2) is 5.82 Å². The van der Waals surface area contributed by atoms with Crippen LogP contribution in [0.4, 0.5) is 0 Å². The number of hydrogen-bond acceptors (Lipinski definition) is 4. The number of carbonyl (C=O) groups excluding carboxylic acids is 1. The van der Waals surface area contributed by atoms with Crippen LogP contribution in [0.2, 0.25) is 0 Å². The number of nitrogens with one attached hydrogen (secondary N) is 1. The highest BCUT2D eigenvalue weighted by Gasteiger charge is 2.16. The van der Waals surface area contributed by atoms with Gasteiger partial charge in [-0.1, -0.05) is 0 Å². The Hall–Kier alpha value is -2.18. The average molecular weight is 276 g/mol. The molecule has 0 fully saturated rings. The van der Waals surface area contributed by atoms with E-state index in [1.54, 1.807) is 18.3 Å². The van der Waals surface area contributed by atoms with E-state index in [2.05, 4.69) is 20.4 Å². The van der Waals surface area contributed by atoms with Gasteiger partial charge in [-0.25, -0.2) is 0 Å². The molecule has 1 N–H and O–H groups in total. The van der Waals surface area contributed by atoms with Crippen LogP contribution in [0.15, 0.2) is 6.33 Å². The number of H-pyrrole nitrogens is 1. The van der Waals surface area contributed by atoms with E-state index in [9.17, 15) is 4.79 Å². The van der Waals surface area contributed by atoms with Crippen LogP contribution in [0, 0.1) is 13.8 Å². The summed E-state index contributed by atoms with van der Waals surface area (Å²) in [4.78, 5) is 13.9. The smallest absolute Gasteiger partial charge is 0.227 e. The quantitative estimate of drug-likeness (QED) is 0.877. The van der Waals surface area contributed by atoms with E-state index >= 15 is 0 Å². The van der Waals surface area contributed by atoms with Crippen molar-refractivity contribution in [2.24, 2.45) is 0 Å². The lowest BCUT2D eigenvalue weighted by Crippen LogP contribution is -2.29. The first-order chi connectivity index (χ1) is 9.52. The summed E-state index contributed by atoms with van der Waals surface area (Å²) < 4.78 is 1.93. The zero-order valence-corrected chi connectivity index (χ0v) is 12.3. The summed E-state index contributed by atoms with van der Waals surface area (Å²) in [6.07, 6.45) is 2.03. The Morgan fingerprint density at radius 1 is 1.45 bits per heavy atom. The van der Waals surface area contributed by atoms with Crippen molar-refractivity contribution in [3.05, 3.63) is 29.1 Å². The lowest BCUT2D eigenvalue weighted by molar-refractivity contribution is -0.129. The standard InChI is InChI=1S/C13H20N6O/c1-5-19-8-14-17-12(19)7-18(4)13(20)6-11-9(2)15-16-10(11)3/h8H,5-7H2,1-4H3,(H,15,16). The molecule has 0 aromatic carbocycles. The summed E-state index contributed by atoms with van der Waals surface area (Å²) in [7, 11) is 1.78. The molecule has 2 heterocycles. The fraction of sp³-hybridized carbons (Fsp3) is 0.538. The second kappa shape index (κ2) is 5.85. The van der Waals surface area contributed by atoms with E-state index in [0.29, 0.717) is 13.0 Å². The highest BCUT2D eigenvalue weighted by molar-refractivity contribution is 5.78. The molecule has 108 valence electrons. The highest BCUT2D eigenvalue weighted by atomic mass is 16.2. The van der Waals surface area contributed by atoms with Crippen LogP contribution in [0.5, 0.6) is 0 Å². The Labute approximate surface area is 118 Å². The van der Waals surface area contributed by atoms with Crippen molar-refractivity contribution in [3.63, 3.8) is 0 Å². The average Bonchev–Trinajstić information content (AvgIpc) is 2.99. The molecule has 0 atom stereocenters. The molecule has 7 nitrogen and oxygen atoms in total. The monoisotopic (exact) mass is 276 g/mol. The zero-order chi connectivity index (χ0) is 14.7. The molecule has 0 aliphatic carbocycles. The number of amides is 1. The third-order valence-electron chi connectivity index (χ3n) is 3.45. The minimum absolute atomic E-state index is 0.0447. The van der Waals surface area contributed by atoms with E-state index in [-0.39, 0.29) is 5.91 Å². The number of rotatable bonds is 5. The minimum atomic E-state index is 0.0447.